The lowest BCUT2D eigenvalue weighted by atomic mass is 9.83. The van der Waals surface area contributed by atoms with E-state index in [0.717, 1.165) is 65.1 Å². The monoisotopic (exact) mass is 472 g/mol. The van der Waals surface area contributed by atoms with Gasteiger partial charge in [0.2, 0.25) is 5.91 Å². The Balaban J connectivity index is 1.15. The quantitative estimate of drug-likeness (QED) is 0.540. The van der Waals surface area contributed by atoms with Crippen molar-refractivity contribution in [1.82, 2.24) is 18.9 Å². The van der Waals surface area contributed by atoms with E-state index in [4.69, 9.17) is 0 Å². The Kier molecular flexibility index (Phi) is 6.23. The van der Waals surface area contributed by atoms with Gasteiger partial charge in [-0.25, -0.2) is 0 Å². The zero-order valence-electron chi connectivity index (χ0n) is 20.6. The van der Waals surface area contributed by atoms with Gasteiger partial charge in [0.15, 0.2) is 0 Å². The van der Waals surface area contributed by atoms with Crippen molar-refractivity contribution in [1.29, 1.82) is 0 Å². The lowest BCUT2D eigenvalue weighted by molar-refractivity contribution is -0.132. The summed E-state index contributed by atoms with van der Waals surface area (Å²) < 4.78 is 4.40. The van der Waals surface area contributed by atoms with Crippen LogP contribution in [0.3, 0.4) is 0 Å². The van der Waals surface area contributed by atoms with Gasteiger partial charge in [-0.2, -0.15) is 0 Å². The molecule has 35 heavy (non-hydrogen) atoms. The smallest absolute Gasteiger partial charge is 0.250 e. The van der Waals surface area contributed by atoms with Crippen LogP contribution in [0, 0.1) is 5.92 Å². The fourth-order valence-corrected chi connectivity index (χ4v) is 6.70. The van der Waals surface area contributed by atoms with E-state index in [1.807, 2.05) is 10.6 Å². The Morgan fingerprint density at radius 2 is 1.80 bits per heavy atom. The molecule has 0 unspecified atom stereocenters. The van der Waals surface area contributed by atoms with Gasteiger partial charge in [0.1, 0.15) is 0 Å². The third kappa shape index (κ3) is 4.56. The third-order valence-corrected chi connectivity index (χ3v) is 8.32. The van der Waals surface area contributed by atoms with Crippen molar-refractivity contribution in [3.63, 3.8) is 0 Å². The van der Waals surface area contributed by atoms with Gasteiger partial charge in [-0.3, -0.25) is 14.5 Å². The molecule has 2 atom stereocenters. The molecule has 3 aromatic rings. The molecule has 3 aliphatic rings. The standard InChI is InChI=1S/C29H36N4O2/c34-28(31-14-4-1-5-15-31)12-6-8-23-20-32(27-10-3-2-9-25(23)27)21-30-17-22-16-24(19-30)26-11-7-13-29(35)33(26)18-22/h2-3,7,9-11,13,20,22,24H,1,4-6,8,12,14-19,21H2/t22-,24+/m1/s1. The average Bonchev–Trinajstić information content (AvgIpc) is 3.22. The maximum atomic E-state index is 12.6. The van der Waals surface area contributed by atoms with Crippen LogP contribution in [0.15, 0.2) is 53.5 Å². The lowest BCUT2D eigenvalue weighted by Crippen LogP contribution is -2.47. The number of likely N-dealkylation sites (tertiary alicyclic amines) is 2. The average molecular weight is 473 g/mol. The van der Waals surface area contributed by atoms with Crippen LogP contribution in [0.25, 0.3) is 10.9 Å². The number of hydrogen-bond donors (Lipinski definition) is 0. The largest absolute Gasteiger partial charge is 0.343 e. The molecule has 6 nitrogen and oxygen atoms in total. The first-order valence-corrected chi connectivity index (χ1v) is 13.4. The molecule has 2 saturated heterocycles. The molecule has 1 amide bonds. The van der Waals surface area contributed by atoms with Crippen LogP contribution in [0.5, 0.6) is 0 Å². The highest BCUT2D eigenvalue weighted by Crippen LogP contribution is 2.35. The Morgan fingerprint density at radius 3 is 2.69 bits per heavy atom. The number of para-hydroxylation sites is 1. The second-order valence-electron chi connectivity index (χ2n) is 10.8. The van der Waals surface area contributed by atoms with E-state index in [9.17, 15) is 9.59 Å². The molecule has 2 fully saturated rings. The molecule has 0 radical (unpaired) electrons. The van der Waals surface area contributed by atoms with E-state index in [0.29, 0.717) is 24.2 Å². The van der Waals surface area contributed by atoms with Crippen molar-refractivity contribution in [3.8, 4) is 0 Å². The number of amides is 1. The number of fused-ring (bicyclic) bond motifs is 5. The highest BCUT2D eigenvalue weighted by Gasteiger charge is 2.34. The Labute approximate surface area is 207 Å². The second kappa shape index (κ2) is 9.65. The number of hydrogen-bond acceptors (Lipinski definition) is 3. The van der Waals surface area contributed by atoms with Gasteiger partial charge in [0.25, 0.3) is 5.56 Å². The summed E-state index contributed by atoms with van der Waals surface area (Å²) in [7, 11) is 0. The Morgan fingerprint density at radius 1 is 0.943 bits per heavy atom. The summed E-state index contributed by atoms with van der Waals surface area (Å²) >= 11 is 0. The van der Waals surface area contributed by atoms with Crippen molar-refractivity contribution in [2.75, 3.05) is 26.2 Å². The zero-order valence-corrected chi connectivity index (χ0v) is 20.6. The Hall–Kier alpha value is -2.86. The van der Waals surface area contributed by atoms with Crippen LogP contribution in [0.4, 0.5) is 0 Å². The minimum absolute atomic E-state index is 0.144. The molecule has 0 N–H and O–H groups in total. The minimum atomic E-state index is 0.144. The topological polar surface area (TPSA) is 50.5 Å². The summed E-state index contributed by atoms with van der Waals surface area (Å²) in [6.07, 6.45) is 9.55. The van der Waals surface area contributed by atoms with Crippen LogP contribution < -0.4 is 5.56 Å². The van der Waals surface area contributed by atoms with E-state index >= 15 is 0 Å². The normalized spacial score (nSPS) is 22.3. The van der Waals surface area contributed by atoms with Crippen molar-refractivity contribution >= 4 is 16.8 Å². The first-order valence-electron chi connectivity index (χ1n) is 13.4. The fraction of sp³-hybridized carbons (Fsp3) is 0.517. The zero-order chi connectivity index (χ0) is 23.8. The lowest BCUT2D eigenvalue weighted by Gasteiger charge is -2.42. The molecule has 0 aliphatic carbocycles. The SMILES string of the molecule is O=C(CCCc1cn(CN2C[C@H]3C[C@@H](C2)c2cccc(=O)n2C3)c2ccccc12)N1CCCCC1. The summed E-state index contributed by atoms with van der Waals surface area (Å²) in [6, 6.07) is 14.4. The predicted molar refractivity (Wildman–Crippen MR) is 138 cm³/mol. The third-order valence-electron chi connectivity index (χ3n) is 8.32. The number of carbonyl (C=O) groups is 1. The highest BCUT2D eigenvalue weighted by molar-refractivity contribution is 5.84. The predicted octanol–water partition coefficient (Wildman–Crippen LogP) is 4.22. The van der Waals surface area contributed by atoms with Crippen molar-refractivity contribution in [2.24, 2.45) is 5.92 Å². The van der Waals surface area contributed by atoms with Gasteiger partial charge < -0.3 is 14.0 Å². The fourth-order valence-electron chi connectivity index (χ4n) is 6.70. The van der Waals surface area contributed by atoms with Gasteiger partial charge in [0.05, 0.1) is 6.67 Å². The molecular formula is C29H36N4O2. The van der Waals surface area contributed by atoms with E-state index < -0.39 is 0 Å². The summed E-state index contributed by atoms with van der Waals surface area (Å²) in [4.78, 5) is 29.6. The molecule has 1 aromatic carbocycles. The first kappa shape index (κ1) is 22.6. The van der Waals surface area contributed by atoms with Crippen LogP contribution in [0.2, 0.25) is 0 Å². The van der Waals surface area contributed by atoms with Crippen LogP contribution in [-0.4, -0.2) is 51.0 Å². The van der Waals surface area contributed by atoms with E-state index in [1.54, 1.807) is 6.07 Å². The van der Waals surface area contributed by atoms with Crippen molar-refractivity contribution in [2.45, 2.75) is 64.1 Å². The molecule has 6 rings (SSSR count). The van der Waals surface area contributed by atoms with E-state index in [1.165, 1.54) is 35.0 Å². The van der Waals surface area contributed by atoms with E-state index in [-0.39, 0.29) is 5.56 Å². The number of piperidine rings is 2. The molecule has 3 aliphatic heterocycles. The van der Waals surface area contributed by atoms with Crippen LogP contribution >= 0.6 is 0 Å². The summed E-state index contributed by atoms with van der Waals surface area (Å²) in [5.74, 6) is 1.29. The molecule has 0 spiro atoms. The number of benzene rings is 1. The van der Waals surface area contributed by atoms with Crippen molar-refractivity contribution in [3.05, 3.63) is 70.3 Å². The number of pyridine rings is 1. The molecule has 2 aromatic heterocycles. The summed E-state index contributed by atoms with van der Waals surface area (Å²) in [6.45, 7) is 5.61. The van der Waals surface area contributed by atoms with Gasteiger partial charge in [-0.05, 0) is 62.1 Å². The molecule has 5 heterocycles. The number of rotatable bonds is 6. The molecule has 6 heteroatoms. The van der Waals surface area contributed by atoms with E-state index in [2.05, 4.69) is 50.9 Å². The highest BCUT2D eigenvalue weighted by atomic mass is 16.2. The van der Waals surface area contributed by atoms with Gasteiger partial charge in [-0.1, -0.05) is 24.3 Å². The number of nitrogens with zero attached hydrogens (tertiary/aromatic N) is 4. The molecular weight excluding hydrogens is 436 g/mol. The first-order chi connectivity index (χ1) is 17.2. The van der Waals surface area contributed by atoms with Gasteiger partial charge in [-0.15, -0.1) is 0 Å². The maximum absolute atomic E-state index is 12.6. The number of aryl methyl sites for hydroxylation is 1. The Bertz CT molecular complexity index is 1270. The van der Waals surface area contributed by atoms with Crippen molar-refractivity contribution < 1.29 is 4.79 Å². The van der Waals surface area contributed by atoms with Crippen LogP contribution in [-0.2, 0) is 24.4 Å². The molecule has 184 valence electrons. The van der Waals surface area contributed by atoms with Gasteiger partial charge in [0, 0.05) is 73.9 Å². The number of carbonyl (C=O) groups excluding carboxylic acids is 1. The maximum Gasteiger partial charge on any atom is 0.250 e. The summed E-state index contributed by atoms with van der Waals surface area (Å²) in [5.41, 5.74) is 3.97. The second-order valence-corrected chi connectivity index (χ2v) is 10.8. The van der Waals surface area contributed by atoms with Gasteiger partial charge >= 0.3 is 0 Å². The minimum Gasteiger partial charge on any atom is -0.343 e. The molecule has 0 saturated carbocycles. The van der Waals surface area contributed by atoms with Crippen LogP contribution in [0.1, 0.15) is 55.7 Å². The summed E-state index contributed by atoms with van der Waals surface area (Å²) in [5, 5.41) is 1.31. The molecule has 2 bridgehead atoms. The number of aromatic nitrogens is 2.